The molecule has 0 saturated carbocycles. The third-order valence-corrected chi connectivity index (χ3v) is 7.59. The quantitative estimate of drug-likeness (QED) is 0.502. The Kier molecular flexibility index (Phi) is 5.75. The van der Waals surface area contributed by atoms with Gasteiger partial charge in [0, 0.05) is 22.3 Å². The molecule has 1 aliphatic carbocycles. The number of nitrogens with zero attached hydrogens (tertiary/aromatic N) is 2. The minimum absolute atomic E-state index is 0.0433. The SMILES string of the molecule is CCCCn1c(C(=O)Nc2nc3c(s2)CC(C(C)(C)C)CC3)c(C)c2ccccc21. The average Bonchev–Trinajstić information content (AvgIpc) is 3.23. The minimum Gasteiger partial charge on any atom is -0.336 e. The largest absolute Gasteiger partial charge is 0.336 e. The highest BCUT2D eigenvalue weighted by molar-refractivity contribution is 7.15. The lowest BCUT2D eigenvalue weighted by Crippen LogP contribution is -2.26. The van der Waals surface area contributed by atoms with Gasteiger partial charge >= 0.3 is 0 Å². The Balaban J connectivity index is 1.62. The van der Waals surface area contributed by atoms with Gasteiger partial charge in [-0.1, -0.05) is 52.3 Å². The number of hydrogen-bond acceptors (Lipinski definition) is 3. The van der Waals surface area contributed by atoms with Crippen LogP contribution in [0.4, 0.5) is 5.13 Å². The topological polar surface area (TPSA) is 46.9 Å². The Hall–Kier alpha value is -2.14. The van der Waals surface area contributed by atoms with Crippen molar-refractivity contribution in [2.24, 2.45) is 11.3 Å². The van der Waals surface area contributed by atoms with Crippen LogP contribution in [-0.2, 0) is 19.4 Å². The van der Waals surface area contributed by atoms with Crippen LogP contribution in [0.1, 0.15) is 73.6 Å². The fourth-order valence-corrected chi connectivity index (χ4v) is 5.72. The van der Waals surface area contributed by atoms with E-state index in [1.807, 2.05) is 12.1 Å². The van der Waals surface area contributed by atoms with E-state index in [2.05, 4.69) is 56.6 Å². The summed E-state index contributed by atoms with van der Waals surface area (Å²) >= 11 is 1.66. The Labute approximate surface area is 183 Å². The molecule has 1 unspecified atom stereocenters. The number of hydrogen-bond donors (Lipinski definition) is 1. The lowest BCUT2D eigenvalue weighted by atomic mass is 9.73. The first-order valence-corrected chi connectivity index (χ1v) is 12.0. The number of unbranched alkanes of at least 4 members (excludes halogenated alkanes) is 1. The Morgan fingerprint density at radius 2 is 2.07 bits per heavy atom. The number of nitrogens with one attached hydrogen (secondary N) is 1. The van der Waals surface area contributed by atoms with Crippen LogP contribution in [0.25, 0.3) is 10.9 Å². The molecule has 0 saturated heterocycles. The maximum absolute atomic E-state index is 13.4. The first-order valence-electron chi connectivity index (χ1n) is 11.2. The molecule has 0 aliphatic heterocycles. The second kappa shape index (κ2) is 8.18. The van der Waals surface area contributed by atoms with Gasteiger partial charge < -0.3 is 4.57 Å². The molecule has 2 aromatic heterocycles. The zero-order chi connectivity index (χ0) is 21.5. The fourth-order valence-electron chi connectivity index (χ4n) is 4.64. The fraction of sp³-hybridized carbons (Fsp3) is 0.520. The molecule has 30 heavy (non-hydrogen) atoms. The Morgan fingerprint density at radius 1 is 1.30 bits per heavy atom. The number of carbonyl (C=O) groups excluding carboxylic acids is 1. The summed E-state index contributed by atoms with van der Waals surface area (Å²) in [5, 5.41) is 5.03. The number of para-hydroxylation sites is 1. The number of amides is 1. The molecular weight excluding hydrogens is 390 g/mol. The van der Waals surface area contributed by atoms with Crippen LogP contribution < -0.4 is 5.32 Å². The summed E-state index contributed by atoms with van der Waals surface area (Å²) in [4.78, 5) is 19.5. The van der Waals surface area contributed by atoms with Crippen LogP contribution >= 0.6 is 11.3 Å². The smallest absolute Gasteiger partial charge is 0.274 e. The van der Waals surface area contributed by atoms with Crippen LogP contribution in [0.5, 0.6) is 0 Å². The second-order valence-corrected chi connectivity index (χ2v) is 10.7. The molecule has 3 aromatic rings. The Morgan fingerprint density at radius 3 is 2.80 bits per heavy atom. The maximum atomic E-state index is 13.4. The molecule has 1 aromatic carbocycles. The van der Waals surface area contributed by atoms with Gasteiger partial charge in [-0.3, -0.25) is 10.1 Å². The summed E-state index contributed by atoms with van der Waals surface area (Å²) < 4.78 is 2.19. The van der Waals surface area contributed by atoms with Gasteiger partial charge in [-0.25, -0.2) is 4.98 Å². The third-order valence-electron chi connectivity index (χ3n) is 6.56. The van der Waals surface area contributed by atoms with Crippen LogP contribution in [-0.4, -0.2) is 15.5 Å². The predicted molar refractivity (Wildman–Crippen MR) is 127 cm³/mol. The van der Waals surface area contributed by atoms with E-state index in [1.54, 1.807) is 11.3 Å². The predicted octanol–water partition coefficient (Wildman–Crippen LogP) is 6.61. The number of aryl methyl sites for hydroxylation is 3. The summed E-state index contributed by atoms with van der Waals surface area (Å²) in [6.07, 6.45) is 5.42. The van der Waals surface area contributed by atoms with Crippen molar-refractivity contribution in [3.8, 4) is 0 Å². The summed E-state index contributed by atoms with van der Waals surface area (Å²) in [6, 6.07) is 8.32. The maximum Gasteiger partial charge on any atom is 0.274 e. The lowest BCUT2D eigenvalue weighted by Gasteiger charge is -2.33. The van der Waals surface area contributed by atoms with E-state index >= 15 is 0 Å². The molecule has 1 N–H and O–H groups in total. The standard InChI is InChI=1S/C25H33N3OS/c1-6-7-14-28-20-11-9-8-10-18(20)16(2)22(28)23(29)27-24-26-19-13-12-17(25(3,4)5)15-21(19)30-24/h8-11,17H,6-7,12-15H2,1-5H3,(H,26,27,29). The van der Waals surface area contributed by atoms with Gasteiger partial charge in [0.05, 0.1) is 5.69 Å². The summed E-state index contributed by atoms with van der Waals surface area (Å²) in [5.74, 6) is 0.631. The number of carbonyl (C=O) groups is 1. The van der Waals surface area contributed by atoms with Crippen LogP contribution in [0.15, 0.2) is 24.3 Å². The van der Waals surface area contributed by atoms with Crippen LogP contribution in [0.2, 0.25) is 0 Å². The Bertz CT molecular complexity index is 1070. The molecule has 0 bridgehead atoms. The van der Waals surface area contributed by atoms with E-state index < -0.39 is 0 Å². The first-order chi connectivity index (χ1) is 14.3. The van der Waals surface area contributed by atoms with Gasteiger partial charge in [0.15, 0.2) is 5.13 Å². The van der Waals surface area contributed by atoms with Crippen molar-refractivity contribution in [2.45, 2.75) is 73.3 Å². The van der Waals surface area contributed by atoms with Crippen LogP contribution in [0.3, 0.4) is 0 Å². The van der Waals surface area contributed by atoms with Crippen molar-refractivity contribution < 1.29 is 4.79 Å². The van der Waals surface area contributed by atoms with Crippen molar-refractivity contribution in [3.05, 3.63) is 46.1 Å². The van der Waals surface area contributed by atoms with Gasteiger partial charge in [-0.2, -0.15) is 0 Å². The molecule has 0 fully saturated rings. The zero-order valence-electron chi connectivity index (χ0n) is 18.8. The molecule has 1 atom stereocenters. The number of benzene rings is 1. The molecule has 5 heteroatoms. The number of thiazole rings is 1. The number of anilines is 1. The van der Waals surface area contributed by atoms with E-state index in [-0.39, 0.29) is 5.91 Å². The molecule has 1 amide bonds. The molecule has 1 aliphatic rings. The van der Waals surface area contributed by atoms with E-state index in [4.69, 9.17) is 4.98 Å². The monoisotopic (exact) mass is 423 g/mol. The average molecular weight is 424 g/mol. The second-order valence-electron chi connectivity index (χ2n) is 9.64. The van der Waals surface area contributed by atoms with Crippen molar-refractivity contribution >= 4 is 33.3 Å². The number of aromatic nitrogens is 2. The van der Waals surface area contributed by atoms with Gasteiger partial charge in [0.2, 0.25) is 0 Å². The number of rotatable bonds is 5. The number of fused-ring (bicyclic) bond motifs is 2. The molecule has 0 radical (unpaired) electrons. The lowest BCUT2D eigenvalue weighted by molar-refractivity contribution is 0.101. The van der Waals surface area contributed by atoms with Gasteiger partial charge in [0.25, 0.3) is 5.91 Å². The van der Waals surface area contributed by atoms with E-state index in [0.717, 1.165) is 59.5 Å². The highest BCUT2D eigenvalue weighted by atomic mass is 32.1. The zero-order valence-corrected chi connectivity index (χ0v) is 19.7. The molecule has 160 valence electrons. The third kappa shape index (κ3) is 3.92. The van der Waals surface area contributed by atoms with E-state index in [9.17, 15) is 4.79 Å². The van der Waals surface area contributed by atoms with Gasteiger partial charge in [0.1, 0.15) is 5.69 Å². The van der Waals surface area contributed by atoms with Gasteiger partial charge in [-0.05, 0) is 55.6 Å². The summed E-state index contributed by atoms with van der Waals surface area (Å²) in [7, 11) is 0. The van der Waals surface area contributed by atoms with Crippen molar-refractivity contribution in [2.75, 3.05) is 5.32 Å². The normalized spacial score (nSPS) is 16.6. The van der Waals surface area contributed by atoms with E-state index in [1.165, 1.54) is 17.0 Å². The molecule has 4 rings (SSSR count). The minimum atomic E-state index is -0.0433. The highest BCUT2D eigenvalue weighted by Crippen LogP contribution is 2.40. The first kappa shape index (κ1) is 21.1. The van der Waals surface area contributed by atoms with E-state index in [0.29, 0.717) is 11.3 Å². The highest BCUT2D eigenvalue weighted by Gasteiger charge is 2.31. The summed E-state index contributed by atoms with van der Waals surface area (Å²) in [6.45, 7) is 12.1. The molecule has 4 nitrogen and oxygen atoms in total. The molecule has 0 spiro atoms. The van der Waals surface area contributed by atoms with Crippen molar-refractivity contribution in [1.82, 2.24) is 9.55 Å². The molecular formula is C25H33N3OS. The van der Waals surface area contributed by atoms with Crippen LogP contribution in [0, 0.1) is 18.3 Å². The summed E-state index contributed by atoms with van der Waals surface area (Å²) in [5.41, 5.74) is 4.44. The van der Waals surface area contributed by atoms with Gasteiger partial charge in [-0.15, -0.1) is 11.3 Å². The molecule has 2 heterocycles. The van der Waals surface area contributed by atoms with Crippen molar-refractivity contribution in [3.63, 3.8) is 0 Å². The van der Waals surface area contributed by atoms with Crippen molar-refractivity contribution in [1.29, 1.82) is 0 Å².